The lowest BCUT2D eigenvalue weighted by Gasteiger charge is -2.45. The topological polar surface area (TPSA) is 26.2 Å². The highest BCUT2D eigenvalue weighted by Gasteiger charge is 2.45. The van der Waals surface area contributed by atoms with Gasteiger partial charge in [-0.1, -0.05) is 212 Å². The van der Waals surface area contributed by atoms with Crippen molar-refractivity contribution >= 4 is 144 Å². The summed E-state index contributed by atoms with van der Waals surface area (Å²) >= 11 is 0. The number of para-hydroxylation sites is 12. The molecule has 18 aromatic rings. The first-order valence-corrected chi connectivity index (χ1v) is 31.5. The second-order valence-electron chi connectivity index (χ2n) is 24.3. The Balaban J connectivity index is 0.938. The summed E-state index contributed by atoms with van der Waals surface area (Å²) in [7, 11) is 0. The Bertz CT molecular complexity index is 5520. The number of anilines is 6. The molecule has 0 amide bonds. The lowest BCUT2D eigenvalue weighted by Crippen LogP contribution is -2.61. The van der Waals surface area contributed by atoms with E-state index in [1.54, 1.807) is 0 Å². The van der Waals surface area contributed by atoms with Gasteiger partial charge < -0.3 is 28.1 Å². The van der Waals surface area contributed by atoms with Gasteiger partial charge in [0, 0.05) is 77.2 Å². The molecule has 7 heteroatoms. The zero-order chi connectivity index (χ0) is 59.4. The minimum atomic E-state index is -0.201. The zero-order valence-electron chi connectivity index (χ0n) is 49.4. The average molecular weight is 1160 g/mol. The van der Waals surface area contributed by atoms with Crippen molar-refractivity contribution in [3.05, 3.63) is 322 Å². The third-order valence-corrected chi connectivity index (χ3v) is 19.7. The summed E-state index contributed by atoms with van der Waals surface area (Å²) < 4.78 is 9.94. The minimum absolute atomic E-state index is 0.201. The van der Waals surface area contributed by atoms with Crippen LogP contribution in [0.25, 0.3) is 121 Å². The van der Waals surface area contributed by atoms with E-state index in [4.69, 9.17) is 0 Å². The van der Waals surface area contributed by atoms with Gasteiger partial charge in [-0.15, -0.1) is 0 Å². The molecular weight excluding hydrogens is 1100 g/mol. The Kier molecular flexibility index (Phi) is 10.6. The Hall–Kier alpha value is -12.1. The fourth-order valence-electron chi connectivity index (χ4n) is 16.0. The van der Waals surface area contributed by atoms with Crippen LogP contribution in [0.2, 0.25) is 0 Å². The van der Waals surface area contributed by atoms with E-state index in [-0.39, 0.29) is 6.71 Å². The third-order valence-electron chi connectivity index (χ3n) is 19.7. The maximum atomic E-state index is 2.63. The van der Waals surface area contributed by atoms with E-state index in [0.29, 0.717) is 0 Å². The van der Waals surface area contributed by atoms with Gasteiger partial charge in [-0.3, -0.25) is 0 Å². The van der Waals surface area contributed by atoms with E-state index >= 15 is 0 Å². The van der Waals surface area contributed by atoms with E-state index in [2.05, 4.69) is 350 Å². The van der Waals surface area contributed by atoms with Crippen molar-refractivity contribution in [1.29, 1.82) is 0 Å². The number of benzene rings is 14. The maximum Gasteiger partial charge on any atom is 0.252 e. The molecule has 0 radical (unpaired) electrons. The highest BCUT2D eigenvalue weighted by molar-refractivity contribution is 7.00. The van der Waals surface area contributed by atoms with Gasteiger partial charge in [0.05, 0.1) is 66.9 Å². The first-order valence-electron chi connectivity index (χ1n) is 31.5. The van der Waals surface area contributed by atoms with Crippen molar-refractivity contribution in [1.82, 2.24) is 18.3 Å². The molecule has 0 atom stereocenters. The molecule has 2 aliphatic heterocycles. The van der Waals surface area contributed by atoms with Crippen LogP contribution in [0.15, 0.2) is 322 Å². The first-order chi connectivity index (χ1) is 45.2. The molecule has 91 heavy (non-hydrogen) atoms. The highest BCUT2D eigenvalue weighted by atomic mass is 15.2. The van der Waals surface area contributed by atoms with Crippen LogP contribution in [0.5, 0.6) is 0 Å². The molecule has 14 aromatic carbocycles. The predicted molar refractivity (Wildman–Crippen MR) is 383 cm³/mol. The molecule has 6 nitrogen and oxygen atoms in total. The van der Waals surface area contributed by atoms with Crippen LogP contribution >= 0.6 is 0 Å². The normalized spacial score (nSPS) is 12.8. The van der Waals surface area contributed by atoms with Gasteiger partial charge in [-0.05, 0) is 137 Å². The molecule has 4 aromatic heterocycles. The van der Waals surface area contributed by atoms with Crippen molar-refractivity contribution in [2.45, 2.75) is 0 Å². The van der Waals surface area contributed by atoms with Crippen LogP contribution in [0, 0.1) is 0 Å². The van der Waals surface area contributed by atoms with Crippen LogP contribution in [-0.2, 0) is 0 Å². The van der Waals surface area contributed by atoms with E-state index in [9.17, 15) is 0 Å². The molecule has 0 fully saturated rings. The van der Waals surface area contributed by atoms with E-state index in [1.807, 2.05) is 0 Å². The fourth-order valence-corrected chi connectivity index (χ4v) is 16.0. The molecule has 6 heterocycles. The Morgan fingerprint density at radius 1 is 0.187 bits per heavy atom. The van der Waals surface area contributed by atoms with Crippen molar-refractivity contribution in [2.75, 3.05) is 9.80 Å². The summed E-state index contributed by atoms with van der Waals surface area (Å²) in [6, 6.07) is 120. The van der Waals surface area contributed by atoms with Gasteiger partial charge in [0.25, 0.3) is 6.71 Å². The van der Waals surface area contributed by atoms with Crippen LogP contribution in [-0.4, -0.2) is 25.0 Å². The first kappa shape index (κ1) is 50.0. The van der Waals surface area contributed by atoms with Crippen LogP contribution < -0.4 is 26.2 Å². The molecule has 0 N–H and O–H groups in total. The number of hydrogen-bond donors (Lipinski definition) is 0. The van der Waals surface area contributed by atoms with Gasteiger partial charge in [-0.25, -0.2) is 0 Å². The number of aromatic nitrogens is 4. The van der Waals surface area contributed by atoms with Crippen LogP contribution in [0.4, 0.5) is 34.1 Å². The van der Waals surface area contributed by atoms with Crippen LogP contribution in [0.3, 0.4) is 0 Å². The molecular formula is C84H53BN6. The van der Waals surface area contributed by atoms with Crippen molar-refractivity contribution in [3.8, 4) is 33.9 Å². The predicted octanol–water partition coefficient (Wildman–Crippen LogP) is 19.8. The molecule has 0 aliphatic carbocycles. The Morgan fingerprint density at radius 2 is 0.462 bits per heavy atom. The molecule has 20 rings (SSSR count). The van der Waals surface area contributed by atoms with Crippen molar-refractivity contribution in [2.24, 2.45) is 0 Å². The highest BCUT2D eigenvalue weighted by Crippen LogP contribution is 2.51. The smallest absolute Gasteiger partial charge is 0.252 e. The molecule has 0 spiro atoms. The molecule has 0 bridgehead atoms. The van der Waals surface area contributed by atoms with Gasteiger partial charge >= 0.3 is 0 Å². The summed E-state index contributed by atoms with van der Waals surface area (Å²) in [6.45, 7) is -0.201. The zero-order valence-corrected chi connectivity index (χ0v) is 49.4. The minimum Gasteiger partial charge on any atom is -0.309 e. The van der Waals surface area contributed by atoms with Gasteiger partial charge in [0.15, 0.2) is 0 Å². The second-order valence-corrected chi connectivity index (χ2v) is 24.3. The summed E-state index contributed by atoms with van der Waals surface area (Å²) in [6.07, 6.45) is 0. The lowest BCUT2D eigenvalue weighted by molar-refractivity contribution is 1.13. The van der Waals surface area contributed by atoms with E-state index < -0.39 is 0 Å². The number of nitrogens with zero attached hydrogens (tertiary/aromatic N) is 6. The lowest BCUT2D eigenvalue weighted by atomic mass is 9.33. The monoisotopic (exact) mass is 1160 g/mol. The van der Waals surface area contributed by atoms with Crippen molar-refractivity contribution in [3.63, 3.8) is 0 Å². The summed E-state index contributed by atoms with van der Waals surface area (Å²) in [4.78, 5) is 5.25. The summed E-state index contributed by atoms with van der Waals surface area (Å²) in [5.74, 6) is 0. The van der Waals surface area contributed by atoms with Gasteiger partial charge in [-0.2, -0.15) is 0 Å². The standard InChI is InChI=1S/C84H53BN6/c1-2-24-54(25-3-1)55-50-82-84-83(51-55)91(79-45-23-21-43-77(79)89-74-40-18-10-32-64(74)65-33-11-19-41-75(65)89)81-53-57(87-70-36-14-6-28-60(70)61-29-7-15-37-71(61)87)47-49-67(81)85(84)66-48-46-56(86-68-34-12-4-26-58(68)59-27-5-13-35-69(59)86)52-80(66)90(82)78-44-22-20-42-76(78)88-72-38-16-8-30-62(72)63-31-9-17-39-73(63)88/h1-53H. The Labute approximate surface area is 524 Å². The number of fused-ring (bicyclic) bond motifs is 16. The summed E-state index contributed by atoms with van der Waals surface area (Å²) in [5.41, 5.74) is 26.3. The fraction of sp³-hybridized carbons (Fsp3) is 0. The number of rotatable bonds is 7. The second kappa shape index (κ2) is 19.2. The Morgan fingerprint density at radius 3 is 0.791 bits per heavy atom. The average Bonchev–Trinajstić information content (AvgIpc) is 1.52. The SMILES string of the molecule is c1ccc(-c2cc3c4c(c2)N(c2ccccc2-n2c5ccccc5c5ccccc52)c2cc(-n5c6ccccc6c6ccccc65)ccc2B4c2ccc(-n4c5ccccc5c5ccccc54)cc2N3c2ccccc2-n2c3ccccc3c3ccccc32)cc1. The van der Waals surface area contributed by atoms with Gasteiger partial charge in [0.2, 0.25) is 0 Å². The molecule has 0 saturated heterocycles. The molecule has 2 aliphatic rings. The van der Waals surface area contributed by atoms with Crippen LogP contribution in [0.1, 0.15) is 0 Å². The van der Waals surface area contributed by atoms with Gasteiger partial charge in [0.1, 0.15) is 0 Å². The summed E-state index contributed by atoms with van der Waals surface area (Å²) in [5, 5.41) is 9.80. The largest absolute Gasteiger partial charge is 0.309 e. The number of hydrogen-bond acceptors (Lipinski definition) is 2. The molecule has 0 unspecified atom stereocenters. The molecule has 0 saturated carbocycles. The molecule has 422 valence electrons. The third kappa shape index (κ3) is 7.08. The van der Waals surface area contributed by atoms with E-state index in [0.717, 1.165) is 90.1 Å². The van der Waals surface area contributed by atoms with Crippen molar-refractivity contribution < 1.29 is 0 Å². The quantitative estimate of drug-likeness (QED) is 0.149. The maximum absolute atomic E-state index is 2.63. The van der Waals surface area contributed by atoms with E-state index in [1.165, 1.54) is 81.5 Å².